The van der Waals surface area contributed by atoms with E-state index in [0.717, 1.165) is 31.8 Å². The molecule has 0 aromatic heterocycles. The molecule has 0 bridgehead atoms. The van der Waals surface area contributed by atoms with E-state index in [1.165, 1.54) is 6.42 Å². The van der Waals surface area contributed by atoms with Crippen molar-refractivity contribution in [3.8, 4) is 0 Å². The number of rotatable bonds is 3. The Bertz CT molecular complexity index is 205. The van der Waals surface area contributed by atoms with Gasteiger partial charge in [-0.05, 0) is 43.7 Å². The van der Waals surface area contributed by atoms with Gasteiger partial charge in [-0.15, -0.1) is 0 Å². The van der Waals surface area contributed by atoms with E-state index in [4.69, 9.17) is 0 Å². The molecule has 0 aliphatic heterocycles. The van der Waals surface area contributed by atoms with Crippen LogP contribution in [0.1, 0.15) is 53.9 Å². The van der Waals surface area contributed by atoms with E-state index in [2.05, 4.69) is 39.5 Å². The first-order valence-corrected chi connectivity index (χ1v) is 6.82. The Morgan fingerprint density at radius 1 is 1.12 bits per heavy atom. The lowest BCUT2D eigenvalue weighted by molar-refractivity contribution is -0.0134. The zero-order chi connectivity index (χ0) is 12.3. The molecule has 1 aliphatic carbocycles. The highest BCUT2D eigenvalue weighted by Gasteiger charge is 2.36. The Hall–Kier alpha value is -0.0800. The summed E-state index contributed by atoms with van der Waals surface area (Å²) in [7, 11) is 0. The molecule has 0 aromatic carbocycles. The fourth-order valence-corrected chi connectivity index (χ4v) is 3.00. The Morgan fingerprint density at radius 2 is 1.69 bits per heavy atom. The number of likely N-dealkylation sites (N-methyl/N-ethyl adjacent to an activating group) is 1. The van der Waals surface area contributed by atoms with Crippen molar-refractivity contribution in [1.82, 2.24) is 4.90 Å². The van der Waals surface area contributed by atoms with Crippen molar-refractivity contribution in [2.24, 2.45) is 11.3 Å². The van der Waals surface area contributed by atoms with Crippen LogP contribution in [0.5, 0.6) is 0 Å². The lowest BCUT2D eigenvalue weighted by atomic mass is 9.70. The van der Waals surface area contributed by atoms with Crippen molar-refractivity contribution in [1.29, 1.82) is 0 Å². The molecule has 1 rings (SSSR count). The largest absolute Gasteiger partial charge is 0.391 e. The standard InChI is InChI=1S/C14H29NO/c1-6-15(7-2)12-10-11(14(3,4)5)8-9-13(12)16/h11-13,16H,6-10H2,1-5H3. The SMILES string of the molecule is CCN(CC)C1CC(C(C)(C)C)CCC1O. The van der Waals surface area contributed by atoms with Crippen LogP contribution in [0, 0.1) is 11.3 Å². The highest BCUT2D eigenvalue weighted by molar-refractivity contribution is 4.90. The normalized spacial score (nSPS) is 32.1. The maximum absolute atomic E-state index is 10.1. The van der Waals surface area contributed by atoms with Crippen molar-refractivity contribution in [3.63, 3.8) is 0 Å². The van der Waals surface area contributed by atoms with E-state index in [-0.39, 0.29) is 6.10 Å². The minimum absolute atomic E-state index is 0.113. The van der Waals surface area contributed by atoms with Gasteiger partial charge in [0.25, 0.3) is 0 Å². The molecule has 0 spiro atoms. The van der Waals surface area contributed by atoms with Crippen LogP contribution >= 0.6 is 0 Å². The highest BCUT2D eigenvalue weighted by atomic mass is 16.3. The summed E-state index contributed by atoms with van der Waals surface area (Å²) >= 11 is 0. The number of nitrogens with zero attached hydrogens (tertiary/aromatic N) is 1. The molecule has 1 saturated carbocycles. The number of hydrogen-bond acceptors (Lipinski definition) is 2. The van der Waals surface area contributed by atoms with E-state index in [1.54, 1.807) is 0 Å². The molecule has 2 nitrogen and oxygen atoms in total. The minimum Gasteiger partial charge on any atom is -0.391 e. The van der Waals surface area contributed by atoms with E-state index >= 15 is 0 Å². The number of hydrogen-bond donors (Lipinski definition) is 1. The van der Waals surface area contributed by atoms with Gasteiger partial charge in [0, 0.05) is 6.04 Å². The summed E-state index contributed by atoms with van der Waals surface area (Å²) in [6.45, 7) is 13.5. The number of aliphatic hydroxyl groups excluding tert-OH is 1. The molecule has 0 aromatic rings. The van der Waals surface area contributed by atoms with Crippen molar-refractivity contribution >= 4 is 0 Å². The van der Waals surface area contributed by atoms with Gasteiger partial charge in [-0.3, -0.25) is 4.90 Å². The lowest BCUT2D eigenvalue weighted by Gasteiger charge is -2.44. The van der Waals surface area contributed by atoms with E-state index in [9.17, 15) is 5.11 Å². The molecule has 0 radical (unpaired) electrons. The minimum atomic E-state index is -0.113. The molecule has 96 valence electrons. The maximum atomic E-state index is 10.1. The summed E-state index contributed by atoms with van der Waals surface area (Å²) in [6.07, 6.45) is 3.20. The van der Waals surface area contributed by atoms with Crippen LogP contribution in [0.4, 0.5) is 0 Å². The smallest absolute Gasteiger partial charge is 0.0695 e. The molecule has 16 heavy (non-hydrogen) atoms. The van der Waals surface area contributed by atoms with Gasteiger partial charge in [-0.25, -0.2) is 0 Å². The van der Waals surface area contributed by atoms with E-state index in [1.807, 2.05) is 0 Å². The lowest BCUT2D eigenvalue weighted by Crippen LogP contribution is -2.48. The summed E-state index contributed by atoms with van der Waals surface area (Å²) < 4.78 is 0. The Morgan fingerprint density at radius 3 is 2.12 bits per heavy atom. The highest BCUT2D eigenvalue weighted by Crippen LogP contribution is 2.39. The van der Waals surface area contributed by atoms with Gasteiger partial charge in [0.1, 0.15) is 0 Å². The second-order valence-corrected chi connectivity index (χ2v) is 6.23. The fraction of sp³-hybridized carbons (Fsp3) is 1.00. The third-order valence-corrected chi connectivity index (χ3v) is 4.29. The zero-order valence-electron chi connectivity index (χ0n) is 11.7. The zero-order valence-corrected chi connectivity index (χ0v) is 11.7. The van der Waals surface area contributed by atoms with Gasteiger partial charge in [-0.1, -0.05) is 34.6 Å². The fourth-order valence-electron chi connectivity index (χ4n) is 3.00. The Balaban J connectivity index is 2.68. The monoisotopic (exact) mass is 227 g/mol. The van der Waals surface area contributed by atoms with E-state index < -0.39 is 0 Å². The summed E-state index contributed by atoms with van der Waals surface area (Å²) in [5, 5.41) is 10.1. The second-order valence-electron chi connectivity index (χ2n) is 6.23. The third-order valence-electron chi connectivity index (χ3n) is 4.29. The topological polar surface area (TPSA) is 23.5 Å². The van der Waals surface area contributed by atoms with Crippen LogP contribution in [0.3, 0.4) is 0 Å². The first-order chi connectivity index (χ1) is 7.40. The van der Waals surface area contributed by atoms with Crippen LogP contribution in [0.15, 0.2) is 0 Å². The molecule has 0 saturated heterocycles. The predicted octanol–water partition coefficient (Wildman–Crippen LogP) is 2.90. The van der Waals surface area contributed by atoms with Gasteiger partial charge in [0.15, 0.2) is 0 Å². The van der Waals surface area contributed by atoms with Crippen molar-refractivity contribution in [2.45, 2.75) is 66.0 Å². The molecule has 0 heterocycles. The Kier molecular flexibility index (Phi) is 4.81. The average Bonchev–Trinajstić information content (AvgIpc) is 2.20. The Labute approximate surface area is 101 Å². The quantitative estimate of drug-likeness (QED) is 0.801. The predicted molar refractivity (Wildman–Crippen MR) is 69.5 cm³/mol. The molecule has 2 heteroatoms. The van der Waals surface area contributed by atoms with Gasteiger partial charge in [-0.2, -0.15) is 0 Å². The summed E-state index contributed by atoms with van der Waals surface area (Å²) in [5.74, 6) is 0.751. The molecule has 1 fully saturated rings. The molecule has 0 amide bonds. The molecular weight excluding hydrogens is 198 g/mol. The second kappa shape index (κ2) is 5.50. The van der Waals surface area contributed by atoms with Gasteiger partial charge < -0.3 is 5.11 Å². The van der Waals surface area contributed by atoms with Crippen molar-refractivity contribution in [2.75, 3.05) is 13.1 Å². The van der Waals surface area contributed by atoms with Gasteiger partial charge in [0.05, 0.1) is 6.10 Å². The van der Waals surface area contributed by atoms with E-state index in [0.29, 0.717) is 11.5 Å². The summed E-state index contributed by atoms with van der Waals surface area (Å²) in [6, 6.07) is 0.382. The number of aliphatic hydroxyl groups is 1. The van der Waals surface area contributed by atoms with Crippen LogP contribution < -0.4 is 0 Å². The molecule has 1 aliphatic rings. The molecule has 3 unspecified atom stereocenters. The van der Waals surface area contributed by atoms with Gasteiger partial charge >= 0.3 is 0 Å². The van der Waals surface area contributed by atoms with Crippen molar-refractivity contribution in [3.05, 3.63) is 0 Å². The summed E-state index contributed by atoms with van der Waals surface area (Å²) in [4.78, 5) is 2.42. The van der Waals surface area contributed by atoms with Crippen LogP contribution in [0.2, 0.25) is 0 Å². The van der Waals surface area contributed by atoms with Crippen LogP contribution in [-0.4, -0.2) is 35.2 Å². The third kappa shape index (κ3) is 3.21. The molecule has 3 atom stereocenters. The first-order valence-electron chi connectivity index (χ1n) is 6.82. The molecule has 1 N–H and O–H groups in total. The van der Waals surface area contributed by atoms with Crippen LogP contribution in [0.25, 0.3) is 0 Å². The van der Waals surface area contributed by atoms with Crippen molar-refractivity contribution < 1.29 is 5.11 Å². The van der Waals surface area contributed by atoms with Crippen LogP contribution in [-0.2, 0) is 0 Å². The molecular formula is C14H29NO. The first kappa shape index (κ1) is 14.0. The average molecular weight is 227 g/mol. The maximum Gasteiger partial charge on any atom is 0.0695 e. The summed E-state index contributed by atoms with van der Waals surface area (Å²) in [5.41, 5.74) is 0.380. The van der Waals surface area contributed by atoms with Gasteiger partial charge in [0.2, 0.25) is 0 Å².